The predicted molar refractivity (Wildman–Crippen MR) is 98.1 cm³/mol. The molecule has 0 aliphatic rings. The summed E-state index contributed by atoms with van der Waals surface area (Å²) < 4.78 is 82.3. The fourth-order valence-electron chi connectivity index (χ4n) is 2.80. The number of ether oxygens (including phenoxy) is 1. The molecule has 2 N–H and O–H groups in total. The number of rotatable bonds is 4. The second-order valence-electron chi connectivity index (χ2n) is 6.49. The van der Waals surface area contributed by atoms with Gasteiger partial charge in [-0.25, -0.2) is 0 Å². The maximum Gasteiger partial charge on any atom is 0.432 e. The second-order valence-corrected chi connectivity index (χ2v) is 6.49. The minimum atomic E-state index is -4.54. The molecule has 0 saturated carbocycles. The third kappa shape index (κ3) is 4.55. The molecular weight excluding hydrogens is 426 g/mol. The van der Waals surface area contributed by atoms with Crippen LogP contribution in [0, 0.1) is 0 Å². The lowest BCUT2D eigenvalue weighted by Crippen LogP contribution is -2.04. The third-order valence-corrected chi connectivity index (χ3v) is 4.26. The van der Waals surface area contributed by atoms with Crippen molar-refractivity contribution < 1.29 is 31.1 Å². The number of aromatic nitrogens is 4. The SMILES string of the molecule is FC(F)(F)c1cc(-c2cccc(Oc3cccc(-c4cc(C(F)(F)F)[nH]n4)c3)c2)n[nH]1. The Hall–Kier alpha value is -3.76. The summed E-state index contributed by atoms with van der Waals surface area (Å²) in [7, 11) is 0. The fourth-order valence-corrected chi connectivity index (χ4v) is 2.80. The van der Waals surface area contributed by atoms with E-state index in [9.17, 15) is 26.3 Å². The molecular formula is C20H12F6N4O. The Balaban J connectivity index is 1.56. The molecule has 2 heterocycles. The van der Waals surface area contributed by atoms with Crippen LogP contribution in [0.1, 0.15) is 11.4 Å². The van der Waals surface area contributed by atoms with E-state index in [4.69, 9.17) is 4.74 Å². The number of alkyl halides is 6. The first-order valence-electron chi connectivity index (χ1n) is 8.73. The second kappa shape index (κ2) is 7.49. The number of hydrogen-bond acceptors (Lipinski definition) is 3. The molecule has 0 amide bonds. The van der Waals surface area contributed by atoms with Crippen molar-refractivity contribution in [2.45, 2.75) is 12.4 Å². The number of nitrogens with zero attached hydrogens (tertiary/aromatic N) is 2. The molecule has 4 rings (SSSR count). The average Bonchev–Trinajstić information content (AvgIpc) is 3.38. The van der Waals surface area contributed by atoms with Gasteiger partial charge < -0.3 is 4.74 Å². The van der Waals surface area contributed by atoms with Gasteiger partial charge >= 0.3 is 12.4 Å². The molecule has 4 aromatic rings. The summed E-state index contributed by atoms with van der Waals surface area (Å²) in [6, 6.07) is 14.3. The molecule has 0 aliphatic carbocycles. The van der Waals surface area contributed by atoms with Gasteiger partial charge in [0, 0.05) is 11.1 Å². The molecule has 0 aliphatic heterocycles. The quantitative estimate of drug-likeness (QED) is 0.368. The zero-order chi connectivity index (χ0) is 22.2. The van der Waals surface area contributed by atoms with Crippen LogP contribution >= 0.6 is 0 Å². The summed E-state index contributed by atoms with van der Waals surface area (Å²) in [5.74, 6) is 0.619. The van der Waals surface area contributed by atoms with E-state index in [1.165, 1.54) is 12.1 Å². The van der Waals surface area contributed by atoms with Gasteiger partial charge in [-0.05, 0) is 36.4 Å². The molecule has 5 nitrogen and oxygen atoms in total. The Bertz CT molecular complexity index is 1110. The highest BCUT2D eigenvalue weighted by atomic mass is 19.4. The lowest BCUT2D eigenvalue weighted by molar-refractivity contribution is -0.142. The van der Waals surface area contributed by atoms with Crippen molar-refractivity contribution in [2.75, 3.05) is 0 Å². The van der Waals surface area contributed by atoms with E-state index >= 15 is 0 Å². The van der Waals surface area contributed by atoms with Crippen LogP contribution in [-0.2, 0) is 12.4 Å². The normalized spacial score (nSPS) is 12.2. The maximum atomic E-state index is 12.8. The van der Waals surface area contributed by atoms with Gasteiger partial charge in [0.1, 0.15) is 22.9 Å². The smallest absolute Gasteiger partial charge is 0.432 e. The van der Waals surface area contributed by atoms with Gasteiger partial charge in [0.2, 0.25) is 0 Å². The van der Waals surface area contributed by atoms with Crippen LogP contribution in [0.15, 0.2) is 60.7 Å². The summed E-state index contributed by atoms with van der Waals surface area (Å²) >= 11 is 0. The Morgan fingerprint density at radius 3 is 1.39 bits per heavy atom. The summed E-state index contributed by atoms with van der Waals surface area (Å²) in [5, 5.41) is 11.2. The maximum absolute atomic E-state index is 12.8. The number of benzene rings is 2. The molecule has 0 atom stereocenters. The highest BCUT2D eigenvalue weighted by Crippen LogP contribution is 2.34. The first-order chi connectivity index (χ1) is 14.6. The van der Waals surface area contributed by atoms with Crippen molar-refractivity contribution in [3.8, 4) is 34.0 Å². The van der Waals surface area contributed by atoms with Crippen molar-refractivity contribution in [1.82, 2.24) is 20.4 Å². The minimum absolute atomic E-state index is 0.0859. The van der Waals surface area contributed by atoms with Crippen molar-refractivity contribution in [2.24, 2.45) is 0 Å². The van der Waals surface area contributed by atoms with Crippen LogP contribution in [0.4, 0.5) is 26.3 Å². The Morgan fingerprint density at radius 2 is 1.03 bits per heavy atom. The van der Waals surface area contributed by atoms with E-state index in [1.807, 2.05) is 10.2 Å². The largest absolute Gasteiger partial charge is 0.457 e. The predicted octanol–water partition coefficient (Wildman–Crippen LogP) is 6.30. The van der Waals surface area contributed by atoms with Crippen LogP contribution in [0.25, 0.3) is 22.5 Å². The Kier molecular flexibility index (Phi) is 4.96. The molecule has 2 aromatic carbocycles. The summed E-state index contributed by atoms with van der Waals surface area (Å²) in [4.78, 5) is 0. The summed E-state index contributed by atoms with van der Waals surface area (Å²) in [6.07, 6.45) is -9.09. The topological polar surface area (TPSA) is 66.6 Å². The molecule has 2 aromatic heterocycles. The first-order valence-corrected chi connectivity index (χ1v) is 8.73. The van der Waals surface area contributed by atoms with E-state index in [1.54, 1.807) is 36.4 Å². The monoisotopic (exact) mass is 438 g/mol. The van der Waals surface area contributed by atoms with E-state index in [0.717, 1.165) is 12.1 Å². The summed E-state index contributed by atoms with van der Waals surface area (Å²) in [6.45, 7) is 0. The highest BCUT2D eigenvalue weighted by molar-refractivity contribution is 5.63. The summed E-state index contributed by atoms with van der Waals surface area (Å²) in [5.41, 5.74) is -0.993. The number of halogens is 6. The lowest BCUT2D eigenvalue weighted by Gasteiger charge is -2.08. The van der Waals surface area contributed by atoms with Gasteiger partial charge in [0.05, 0.1) is 11.4 Å². The van der Waals surface area contributed by atoms with E-state index < -0.39 is 23.7 Å². The lowest BCUT2D eigenvalue weighted by atomic mass is 10.1. The van der Waals surface area contributed by atoms with Gasteiger partial charge in [-0.3, -0.25) is 10.2 Å². The molecule has 0 radical (unpaired) electrons. The number of aromatic amines is 2. The Labute approximate surface area is 170 Å². The van der Waals surface area contributed by atoms with Crippen LogP contribution in [0.2, 0.25) is 0 Å². The van der Waals surface area contributed by atoms with Crippen LogP contribution in [0.3, 0.4) is 0 Å². The van der Waals surface area contributed by atoms with Gasteiger partial charge in [-0.1, -0.05) is 24.3 Å². The van der Waals surface area contributed by atoms with Gasteiger partial charge in [-0.15, -0.1) is 0 Å². The number of H-pyrrole nitrogens is 2. The van der Waals surface area contributed by atoms with E-state index in [-0.39, 0.29) is 11.4 Å². The zero-order valence-corrected chi connectivity index (χ0v) is 15.3. The van der Waals surface area contributed by atoms with Gasteiger partial charge in [-0.2, -0.15) is 36.5 Å². The number of nitrogens with one attached hydrogen (secondary N) is 2. The molecule has 0 saturated heterocycles. The van der Waals surface area contributed by atoms with Crippen LogP contribution in [0.5, 0.6) is 11.5 Å². The van der Waals surface area contributed by atoms with Crippen molar-refractivity contribution in [3.05, 3.63) is 72.1 Å². The molecule has 0 spiro atoms. The standard InChI is InChI=1S/C20H12F6N4O/c21-19(22,23)17-9-15(27-29-17)11-3-1-5-13(7-11)31-14-6-2-4-12(8-14)16-10-18(30-28-16)20(24,25)26/h1-10H,(H,27,29)(H,28,30). The molecule has 0 bridgehead atoms. The third-order valence-electron chi connectivity index (χ3n) is 4.26. The molecule has 0 unspecified atom stereocenters. The molecule has 160 valence electrons. The van der Waals surface area contributed by atoms with Crippen LogP contribution in [-0.4, -0.2) is 20.4 Å². The van der Waals surface area contributed by atoms with Gasteiger partial charge in [0.15, 0.2) is 0 Å². The molecule has 31 heavy (non-hydrogen) atoms. The number of hydrogen-bond donors (Lipinski definition) is 2. The first kappa shape index (κ1) is 20.5. The van der Waals surface area contributed by atoms with E-state index in [2.05, 4.69) is 10.2 Å². The average molecular weight is 438 g/mol. The van der Waals surface area contributed by atoms with Crippen LogP contribution < -0.4 is 4.74 Å². The Morgan fingerprint density at radius 1 is 0.613 bits per heavy atom. The zero-order valence-electron chi connectivity index (χ0n) is 15.3. The molecule has 11 heteroatoms. The van der Waals surface area contributed by atoms with Crippen molar-refractivity contribution >= 4 is 0 Å². The minimum Gasteiger partial charge on any atom is -0.457 e. The highest BCUT2D eigenvalue weighted by Gasteiger charge is 2.34. The van der Waals surface area contributed by atoms with E-state index in [0.29, 0.717) is 22.6 Å². The molecule has 0 fully saturated rings. The van der Waals surface area contributed by atoms with Crippen molar-refractivity contribution in [1.29, 1.82) is 0 Å². The van der Waals surface area contributed by atoms with Gasteiger partial charge in [0.25, 0.3) is 0 Å². The van der Waals surface area contributed by atoms with Crippen molar-refractivity contribution in [3.63, 3.8) is 0 Å². The fraction of sp³-hybridized carbons (Fsp3) is 0.100.